The molecule has 0 bridgehead atoms. The Morgan fingerprint density at radius 3 is 2.23 bits per heavy atom. The topological polar surface area (TPSA) is 272 Å². The summed E-state index contributed by atoms with van der Waals surface area (Å²) in [5.41, 5.74) is 5.30. The zero-order chi connectivity index (χ0) is 39.2. The van der Waals surface area contributed by atoms with Gasteiger partial charge in [0.05, 0.1) is 12.4 Å². The Morgan fingerprint density at radius 1 is 0.942 bits per heavy atom. The molecule has 9 N–H and O–H groups in total. The fraction of sp³-hybridized carbons (Fsp3) is 0.543. The summed E-state index contributed by atoms with van der Waals surface area (Å²) in [5, 5.41) is 30.0. The number of anilines is 1. The molecule has 52 heavy (non-hydrogen) atoms. The van der Waals surface area contributed by atoms with Crippen LogP contribution >= 0.6 is 0 Å². The van der Waals surface area contributed by atoms with Crippen molar-refractivity contribution in [2.45, 2.75) is 110 Å². The molecule has 4 atom stereocenters. The monoisotopic (exact) mass is 729 g/mol. The van der Waals surface area contributed by atoms with E-state index in [0.29, 0.717) is 35.9 Å². The van der Waals surface area contributed by atoms with Crippen molar-refractivity contribution in [2.24, 2.45) is 11.7 Å². The van der Waals surface area contributed by atoms with Gasteiger partial charge in [0.15, 0.2) is 0 Å². The molecule has 0 saturated carbocycles. The van der Waals surface area contributed by atoms with Crippen LogP contribution in [0.25, 0.3) is 11.0 Å². The summed E-state index contributed by atoms with van der Waals surface area (Å²) in [6.45, 7) is 9.61. The maximum Gasteiger partial charge on any atom is 0.408 e. The Morgan fingerprint density at radius 2 is 1.62 bits per heavy atom. The second-order valence-electron chi connectivity index (χ2n) is 13.6. The number of alkyl carbamates (subject to hydrolysis) is 1. The summed E-state index contributed by atoms with van der Waals surface area (Å²) < 4.78 is 10.5. The molecule has 0 aliphatic heterocycles. The lowest BCUT2D eigenvalue weighted by Gasteiger charge is -2.28. The van der Waals surface area contributed by atoms with Crippen LogP contribution in [0, 0.1) is 18.3 Å². The van der Waals surface area contributed by atoms with Crippen molar-refractivity contribution in [3.05, 3.63) is 40.2 Å². The Labute approximate surface area is 301 Å². The van der Waals surface area contributed by atoms with Crippen molar-refractivity contribution in [1.29, 1.82) is 5.41 Å². The maximum atomic E-state index is 13.3. The molecule has 2 aromatic rings. The number of rotatable bonds is 19. The van der Waals surface area contributed by atoms with Crippen LogP contribution < -0.4 is 37.9 Å². The Hall–Kier alpha value is -5.48. The first-order valence-electron chi connectivity index (χ1n) is 17.1. The second kappa shape index (κ2) is 19.8. The standard InChI is InChI=1S/C35H51N7O10/c1-7-19(2)30(42-34(50)52-35(4,5)6)33(49)41-24(14-15-28(44)45)31(47)38-18-27(43)40-23(10-8-9-11-26(36)37)32(48)39-21-12-13-22-20(3)16-29(46)51-25(22)17-21/h12-13,16-17,19,23-24,30H,7-11,14-15,18H2,1-6H3,(H3,36,37)(H,38,47)(H,39,48)(H,40,43)(H,41,49)(H,42,50)(H,44,45). The number of carbonyl (C=O) groups is 6. The first-order valence-corrected chi connectivity index (χ1v) is 17.1. The van der Waals surface area contributed by atoms with Gasteiger partial charge >= 0.3 is 17.7 Å². The number of carboxylic acids is 1. The van der Waals surface area contributed by atoms with Gasteiger partial charge in [-0.05, 0) is 70.6 Å². The van der Waals surface area contributed by atoms with Gasteiger partial charge in [0.1, 0.15) is 29.3 Å². The average molecular weight is 730 g/mol. The number of hydrogen-bond acceptors (Lipinski definition) is 10. The third-order valence-electron chi connectivity index (χ3n) is 7.93. The van der Waals surface area contributed by atoms with Crippen molar-refractivity contribution in [3.63, 3.8) is 0 Å². The molecule has 1 heterocycles. The number of amidine groups is 1. The zero-order valence-electron chi connectivity index (χ0n) is 30.5. The highest BCUT2D eigenvalue weighted by Crippen LogP contribution is 2.21. The van der Waals surface area contributed by atoms with E-state index in [1.807, 2.05) is 0 Å². The third-order valence-corrected chi connectivity index (χ3v) is 7.93. The fourth-order valence-electron chi connectivity index (χ4n) is 5.04. The van der Waals surface area contributed by atoms with Crippen molar-refractivity contribution < 1.29 is 43.0 Å². The van der Waals surface area contributed by atoms with E-state index in [0.717, 1.165) is 0 Å². The van der Waals surface area contributed by atoms with Gasteiger partial charge in [-0.2, -0.15) is 0 Å². The molecular weight excluding hydrogens is 678 g/mol. The highest BCUT2D eigenvalue weighted by atomic mass is 16.6. The van der Waals surface area contributed by atoms with Crippen LogP contribution in [0.3, 0.4) is 0 Å². The molecule has 1 aromatic heterocycles. The number of nitrogens with two attached hydrogens (primary N) is 1. The molecule has 0 saturated heterocycles. The number of aryl methyl sites for hydroxylation is 1. The van der Waals surface area contributed by atoms with Crippen molar-refractivity contribution in [2.75, 3.05) is 11.9 Å². The van der Waals surface area contributed by atoms with Gasteiger partial charge < -0.3 is 46.6 Å². The molecule has 0 aliphatic carbocycles. The van der Waals surface area contributed by atoms with E-state index in [4.69, 9.17) is 20.3 Å². The van der Waals surface area contributed by atoms with Crippen LogP contribution in [-0.2, 0) is 28.7 Å². The van der Waals surface area contributed by atoms with E-state index in [1.54, 1.807) is 53.7 Å². The van der Waals surface area contributed by atoms with Gasteiger partial charge in [-0.25, -0.2) is 9.59 Å². The predicted octanol–water partition coefficient (Wildman–Crippen LogP) is 2.43. The summed E-state index contributed by atoms with van der Waals surface area (Å²) >= 11 is 0. The van der Waals surface area contributed by atoms with E-state index >= 15 is 0 Å². The van der Waals surface area contributed by atoms with E-state index in [2.05, 4.69) is 26.6 Å². The molecule has 0 radical (unpaired) electrons. The highest BCUT2D eigenvalue weighted by molar-refractivity contribution is 5.99. The fourth-order valence-corrected chi connectivity index (χ4v) is 5.04. The van der Waals surface area contributed by atoms with Crippen LogP contribution in [0.4, 0.5) is 10.5 Å². The van der Waals surface area contributed by atoms with E-state index in [-0.39, 0.29) is 30.7 Å². The number of aliphatic carboxylic acids is 1. The Bertz CT molecular complexity index is 1680. The number of nitrogens with one attached hydrogen (secondary N) is 6. The summed E-state index contributed by atoms with van der Waals surface area (Å²) in [6.07, 6.45) is 0.138. The number of benzene rings is 1. The smallest absolute Gasteiger partial charge is 0.408 e. The third kappa shape index (κ3) is 14.8. The number of ether oxygens (including phenoxy) is 1. The Kier molecular flexibility index (Phi) is 16.2. The van der Waals surface area contributed by atoms with Gasteiger partial charge in [-0.3, -0.25) is 29.4 Å². The summed E-state index contributed by atoms with van der Waals surface area (Å²) in [4.78, 5) is 88.6. The quantitative estimate of drug-likeness (QED) is 0.0450. The molecule has 1 aromatic carbocycles. The van der Waals surface area contributed by atoms with Crippen LogP contribution in [-0.4, -0.2) is 76.9 Å². The van der Waals surface area contributed by atoms with Crippen LogP contribution in [0.1, 0.15) is 85.1 Å². The summed E-state index contributed by atoms with van der Waals surface area (Å²) in [6, 6.07) is 2.53. The van der Waals surface area contributed by atoms with Crippen molar-refractivity contribution in [3.8, 4) is 0 Å². The predicted molar refractivity (Wildman–Crippen MR) is 193 cm³/mol. The van der Waals surface area contributed by atoms with Crippen molar-refractivity contribution in [1.82, 2.24) is 21.3 Å². The van der Waals surface area contributed by atoms with Crippen LogP contribution in [0.5, 0.6) is 0 Å². The number of unbranched alkanes of at least 4 members (excludes halogenated alkanes) is 1. The number of amides is 5. The summed E-state index contributed by atoms with van der Waals surface area (Å²) in [5.74, 6) is -4.61. The largest absolute Gasteiger partial charge is 0.481 e. The normalized spacial score (nSPS) is 13.5. The molecular formula is C35H51N7O10. The zero-order valence-corrected chi connectivity index (χ0v) is 30.5. The van der Waals surface area contributed by atoms with Gasteiger partial charge in [0.2, 0.25) is 23.6 Å². The minimum Gasteiger partial charge on any atom is -0.481 e. The average Bonchev–Trinajstić information content (AvgIpc) is 3.03. The van der Waals surface area contributed by atoms with Crippen molar-refractivity contribution >= 4 is 58.2 Å². The lowest BCUT2D eigenvalue weighted by atomic mass is 9.97. The van der Waals surface area contributed by atoms with E-state index < -0.39 is 83.9 Å². The summed E-state index contributed by atoms with van der Waals surface area (Å²) in [7, 11) is 0. The number of carboxylic acid groups (broad SMARTS) is 1. The minimum atomic E-state index is -1.38. The molecule has 17 heteroatoms. The Balaban J connectivity index is 2.16. The highest BCUT2D eigenvalue weighted by Gasteiger charge is 2.32. The SMILES string of the molecule is CCC(C)C(NC(=O)OC(C)(C)C)C(=O)NC(CCC(=O)O)C(=O)NCC(=O)NC(CCCCC(=N)N)C(=O)Nc1ccc2c(C)cc(=O)oc2c1. The van der Waals surface area contributed by atoms with Gasteiger partial charge in [0.25, 0.3) is 0 Å². The molecule has 17 nitrogen and oxygen atoms in total. The number of fused-ring (bicyclic) bond motifs is 1. The lowest BCUT2D eigenvalue weighted by Crippen LogP contribution is -2.57. The number of carbonyl (C=O) groups excluding carboxylic acids is 5. The van der Waals surface area contributed by atoms with E-state index in [9.17, 15) is 38.7 Å². The van der Waals surface area contributed by atoms with E-state index in [1.165, 1.54) is 12.1 Å². The first kappa shape index (κ1) is 42.7. The van der Waals surface area contributed by atoms with Gasteiger partial charge in [-0.15, -0.1) is 0 Å². The van der Waals surface area contributed by atoms with Gasteiger partial charge in [0, 0.05) is 36.0 Å². The van der Waals surface area contributed by atoms with Crippen LogP contribution in [0.15, 0.2) is 33.5 Å². The maximum absolute atomic E-state index is 13.3. The molecule has 286 valence electrons. The first-order chi connectivity index (χ1) is 24.3. The molecule has 0 spiro atoms. The second-order valence-corrected chi connectivity index (χ2v) is 13.6. The molecule has 0 fully saturated rings. The lowest BCUT2D eigenvalue weighted by molar-refractivity contribution is -0.138. The number of hydrogen-bond donors (Lipinski definition) is 8. The molecule has 2 rings (SSSR count). The molecule has 4 unspecified atom stereocenters. The van der Waals surface area contributed by atoms with Gasteiger partial charge in [-0.1, -0.05) is 26.7 Å². The van der Waals surface area contributed by atoms with Crippen LogP contribution in [0.2, 0.25) is 0 Å². The molecule has 5 amide bonds. The molecule has 0 aliphatic rings. The minimum absolute atomic E-state index is 0.0265.